The second-order valence-corrected chi connectivity index (χ2v) is 6.90. The number of alkyl halides is 3. The summed E-state index contributed by atoms with van der Waals surface area (Å²) < 4.78 is 56.5. The van der Waals surface area contributed by atoms with Gasteiger partial charge in [0.1, 0.15) is 5.82 Å². The van der Waals surface area contributed by atoms with Crippen LogP contribution in [-0.4, -0.2) is 25.7 Å². The quantitative estimate of drug-likeness (QED) is 0.769. The van der Waals surface area contributed by atoms with Crippen LogP contribution in [0.4, 0.5) is 17.6 Å². The summed E-state index contributed by atoms with van der Waals surface area (Å²) in [6.45, 7) is 1.17. The Balaban J connectivity index is 1.65. The molecule has 1 aliphatic rings. The molecule has 0 spiro atoms. The summed E-state index contributed by atoms with van der Waals surface area (Å²) in [5.74, 6) is -0.539. The van der Waals surface area contributed by atoms with Crippen molar-refractivity contribution in [3.05, 3.63) is 71.0 Å². The Labute approximate surface area is 160 Å². The van der Waals surface area contributed by atoms with Crippen LogP contribution in [0, 0.1) is 5.82 Å². The van der Waals surface area contributed by atoms with Crippen LogP contribution in [0.15, 0.2) is 48.5 Å². The second-order valence-electron chi connectivity index (χ2n) is 6.90. The molecule has 0 saturated carbocycles. The second kappa shape index (κ2) is 8.31. The lowest BCUT2D eigenvalue weighted by molar-refractivity contribution is -0.137. The Morgan fingerprint density at radius 2 is 1.61 bits per heavy atom. The molecule has 1 saturated heterocycles. The highest BCUT2D eigenvalue weighted by atomic mass is 19.4. The standard InChI is InChI=1S/C21H21F4NO2/c22-18-7-5-16(6-8-18)20(10-13-28-14-11-20)19(27)26-12-9-15-1-3-17(4-2-15)21(23,24)25/h1-8H,9-14H2,(H,26,27). The van der Waals surface area contributed by atoms with E-state index in [1.165, 1.54) is 24.3 Å². The van der Waals surface area contributed by atoms with Gasteiger partial charge in [-0.2, -0.15) is 13.2 Å². The molecular weight excluding hydrogens is 374 g/mol. The number of hydrogen-bond acceptors (Lipinski definition) is 2. The smallest absolute Gasteiger partial charge is 0.381 e. The average Bonchev–Trinajstić information content (AvgIpc) is 2.68. The van der Waals surface area contributed by atoms with Gasteiger partial charge in [-0.25, -0.2) is 4.39 Å². The van der Waals surface area contributed by atoms with Crippen LogP contribution in [0.1, 0.15) is 29.5 Å². The van der Waals surface area contributed by atoms with Crippen molar-refractivity contribution in [2.45, 2.75) is 30.9 Å². The van der Waals surface area contributed by atoms with E-state index in [9.17, 15) is 22.4 Å². The van der Waals surface area contributed by atoms with Gasteiger partial charge in [-0.3, -0.25) is 4.79 Å². The summed E-state index contributed by atoms with van der Waals surface area (Å²) in [6, 6.07) is 10.8. The first kappa shape index (κ1) is 20.3. The fraction of sp³-hybridized carbons (Fsp3) is 0.381. The number of nitrogens with one attached hydrogen (secondary N) is 1. The van der Waals surface area contributed by atoms with E-state index in [0.29, 0.717) is 44.6 Å². The van der Waals surface area contributed by atoms with Gasteiger partial charge in [0.2, 0.25) is 5.91 Å². The van der Waals surface area contributed by atoms with E-state index in [0.717, 1.165) is 17.7 Å². The van der Waals surface area contributed by atoms with Gasteiger partial charge in [0, 0.05) is 19.8 Å². The molecular formula is C21H21F4NO2. The van der Waals surface area contributed by atoms with E-state index < -0.39 is 17.2 Å². The molecule has 1 aliphatic heterocycles. The molecule has 0 unspecified atom stereocenters. The minimum absolute atomic E-state index is 0.172. The first-order valence-electron chi connectivity index (χ1n) is 9.09. The maximum Gasteiger partial charge on any atom is 0.416 e. The molecule has 3 nitrogen and oxygen atoms in total. The minimum Gasteiger partial charge on any atom is -0.381 e. The highest BCUT2D eigenvalue weighted by Gasteiger charge is 2.41. The monoisotopic (exact) mass is 395 g/mol. The minimum atomic E-state index is -4.36. The largest absolute Gasteiger partial charge is 0.416 e. The van der Waals surface area contributed by atoms with Gasteiger partial charge < -0.3 is 10.1 Å². The predicted molar refractivity (Wildman–Crippen MR) is 96.3 cm³/mol. The Bertz CT molecular complexity index is 795. The Morgan fingerprint density at radius 1 is 1.00 bits per heavy atom. The molecule has 0 aromatic heterocycles. The first-order chi connectivity index (χ1) is 13.3. The molecule has 1 heterocycles. The zero-order valence-electron chi connectivity index (χ0n) is 15.2. The number of ether oxygens (including phenoxy) is 1. The third kappa shape index (κ3) is 4.52. The van der Waals surface area contributed by atoms with Gasteiger partial charge in [0.25, 0.3) is 0 Å². The first-order valence-corrected chi connectivity index (χ1v) is 9.09. The van der Waals surface area contributed by atoms with Crippen molar-refractivity contribution in [2.24, 2.45) is 0 Å². The molecule has 0 bridgehead atoms. The number of carbonyl (C=O) groups excluding carboxylic acids is 1. The maximum atomic E-state index is 13.3. The number of halogens is 4. The van der Waals surface area contributed by atoms with E-state index in [-0.39, 0.29) is 11.7 Å². The predicted octanol–water partition coefficient (Wildman–Crippen LogP) is 4.25. The number of amides is 1. The summed E-state index contributed by atoms with van der Waals surface area (Å²) in [5.41, 5.74) is -0.0374. The van der Waals surface area contributed by atoms with Crippen LogP contribution in [0.25, 0.3) is 0 Å². The number of hydrogen-bond donors (Lipinski definition) is 1. The van der Waals surface area contributed by atoms with Crippen LogP contribution < -0.4 is 5.32 Å². The van der Waals surface area contributed by atoms with Gasteiger partial charge in [0.15, 0.2) is 0 Å². The van der Waals surface area contributed by atoms with Crippen molar-refractivity contribution in [2.75, 3.05) is 19.8 Å². The average molecular weight is 395 g/mol. The van der Waals surface area contributed by atoms with Crippen molar-refractivity contribution in [1.29, 1.82) is 0 Å². The van der Waals surface area contributed by atoms with E-state index in [1.807, 2.05) is 0 Å². The van der Waals surface area contributed by atoms with E-state index >= 15 is 0 Å². The molecule has 0 radical (unpaired) electrons. The van der Waals surface area contributed by atoms with Crippen molar-refractivity contribution >= 4 is 5.91 Å². The molecule has 0 aliphatic carbocycles. The van der Waals surface area contributed by atoms with Gasteiger partial charge >= 0.3 is 6.18 Å². The summed E-state index contributed by atoms with van der Waals surface area (Å²) >= 11 is 0. The zero-order valence-corrected chi connectivity index (χ0v) is 15.2. The summed E-state index contributed by atoms with van der Waals surface area (Å²) in [5, 5.41) is 2.89. The van der Waals surface area contributed by atoms with Crippen LogP contribution in [0.3, 0.4) is 0 Å². The topological polar surface area (TPSA) is 38.3 Å². The Hall–Kier alpha value is -2.41. The molecule has 150 valence electrons. The Morgan fingerprint density at radius 3 is 2.18 bits per heavy atom. The van der Waals surface area contributed by atoms with E-state index in [1.54, 1.807) is 12.1 Å². The SMILES string of the molecule is O=C(NCCc1ccc(C(F)(F)F)cc1)C1(c2ccc(F)cc2)CCOCC1. The van der Waals surface area contributed by atoms with Crippen LogP contribution in [0.5, 0.6) is 0 Å². The third-order valence-corrected chi connectivity index (χ3v) is 5.16. The highest BCUT2D eigenvalue weighted by Crippen LogP contribution is 2.35. The molecule has 28 heavy (non-hydrogen) atoms. The van der Waals surface area contributed by atoms with Gasteiger partial charge in [-0.05, 0) is 54.7 Å². The molecule has 2 aromatic carbocycles. The number of benzene rings is 2. The lowest BCUT2D eigenvalue weighted by atomic mass is 9.73. The normalized spacial score (nSPS) is 16.6. The summed E-state index contributed by atoms with van der Waals surface area (Å²) in [7, 11) is 0. The van der Waals surface area contributed by atoms with E-state index in [2.05, 4.69) is 5.32 Å². The molecule has 7 heteroatoms. The molecule has 1 fully saturated rings. The molecule has 1 N–H and O–H groups in total. The van der Waals surface area contributed by atoms with Crippen molar-refractivity contribution in [1.82, 2.24) is 5.32 Å². The van der Waals surface area contributed by atoms with Gasteiger partial charge in [0.05, 0.1) is 11.0 Å². The third-order valence-electron chi connectivity index (χ3n) is 5.16. The fourth-order valence-electron chi connectivity index (χ4n) is 3.49. The molecule has 1 amide bonds. The lowest BCUT2D eigenvalue weighted by Crippen LogP contribution is -2.48. The van der Waals surface area contributed by atoms with Crippen molar-refractivity contribution in [3.8, 4) is 0 Å². The molecule has 0 atom stereocenters. The fourth-order valence-corrected chi connectivity index (χ4v) is 3.49. The zero-order chi connectivity index (χ0) is 20.2. The Kier molecular flexibility index (Phi) is 6.03. The maximum absolute atomic E-state index is 13.3. The van der Waals surface area contributed by atoms with Gasteiger partial charge in [-0.1, -0.05) is 24.3 Å². The summed E-state index contributed by atoms with van der Waals surface area (Å²) in [6.07, 6.45) is -2.97. The van der Waals surface area contributed by atoms with Crippen molar-refractivity contribution in [3.63, 3.8) is 0 Å². The van der Waals surface area contributed by atoms with Crippen LogP contribution in [-0.2, 0) is 27.5 Å². The van der Waals surface area contributed by atoms with Gasteiger partial charge in [-0.15, -0.1) is 0 Å². The lowest BCUT2D eigenvalue weighted by Gasteiger charge is -2.36. The van der Waals surface area contributed by atoms with E-state index in [4.69, 9.17) is 4.74 Å². The summed E-state index contributed by atoms with van der Waals surface area (Å²) in [4.78, 5) is 13.0. The van der Waals surface area contributed by atoms with Crippen molar-refractivity contribution < 1.29 is 27.1 Å². The number of carbonyl (C=O) groups is 1. The molecule has 3 rings (SSSR count). The van der Waals surface area contributed by atoms with Crippen LogP contribution in [0.2, 0.25) is 0 Å². The molecule has 2 aromatic rings. The van der Waals surface area contributed by atoms with Crippen LogP contribution >= 0.6 is 0 Å². The number of rotatable bonds is 5. The highest BCUT2D eigenvalue weighted by molar-refractivity contribution is 5.88.